The number of anilines is 2. The molecule has 0 atom stereocenters. The van der Waals surface area contributed by atoms with Crippen LogP contribution in [0, 0.1) is 6.92 Å². The fraction of sp³-hybridized carbons (Fsp3) is 0.429. The summed E-state index contributed by atoms with van der Waals surface area (Å²) in [4.78, 5) is 22.6. The van der Waals surface area contributed by atoms with Crippen LogP contribution in [0.4, 0.5) is 21.0 Å². The Labute approximate surface area is 171 Å². The summed E-state index contributed by atoms with van der Waals surface area (Å²) < 4.78 is 10.2. The molecule has 1 rings (SSSR count). The summed E-state index contributed by atoms with van der Waals surface area (Å²) in [5, 5.41) is 23.2. The molecule has 0 radical (unpaired) electrons. The number of hydrogen-bond donors (Lipinski definition) is 4. The predicted octanol–water partition coefficient (Wildman–Crippen LogP) is 5.14. The van der Waals surface area contributed by atoms with E-state index in [0.717, 1.165) is 43.2 Å². The molecule has 1 aromatic rings. The van der Waals surface area contributed by atoms with Gasteiger partial charge in [0.2, 0.25) is 0 Å². The summed E-state index contributed by atoms with van der Waals surface area (Å²) in [6.07, 6.45) is 4.79. The van der Waals surface area contributed by atoms with Gasteiger partial charge in [0.1, 0.15) is 0 Å². The van der Waals surface area contributed by atoms with E-state index in [2.05, 4.69) is 23.8 Å². The van der Waals surface area contributed by atoms with Crippen LogP contribution in [0.2, 0.25) is 0 Å². The first-order valence-corrected chi connectivity index (χ1v) is 9.51. The van der Waals surface area contributed by atoms with Gasteiger partial charge in [-0.15, -0.1) is 0 Å². The standard InChI is InChI=1S/C21H30N2O6/c1-4-28-12-8-6-10-16-14-17(11-7-9-13-29-5-2)19(23-21(26)27)18(15(16)3)22-20(24)25/h4-5,14,22-23H,1-2,6-13H2,3H3,(H,24,25)(H,26,27). The summed E-state index contributed by atoms with van der Waals surface area (Å²) in [5.41, 5.74) is 2.98. The summed E-state index contributed by atoms with van der Waals surface area (Å²) in [6.45, 7) is 9.88. The van der Waals surface area contributed by atoms with Crippen molar-refractivity contribution in [1.29, 1.82) is 0 Å². The first-order chi connectivity index (χ1) is 13.9. The largest absolute Gasteiger partial charge is 0.502 e. The molecule has 0 saturated heterocycles. The number of rotatable bonds is 14. The van der Waals surface area contributed by atoms with Crippen molar-refractivity contribution in [2.45, 2.75) is 45.4 Å². The highest BCUT2D eigenvalue weighted by Gasteiger charge is 2.19. The Morgan fingerprint density at radius 3 is 1.86 bits per heavy atom. The van der Waals surface area contributed by atoms with Gasteiger partial charge in [-0.2, -0.15) is 0 Å². The molecule has 0 fully saturated rings. The number of ether oxygens (including phenoxy) is 2. The minimum absolute atomic E-state index is 0.275. The average molecular weight is 406 g/mol. The van der Waals surface area contributed by atoms with Crippen LogP contribution in [0.15, 0.2) is 31.7 Å². The van der Waals surface area contributed by atoms with E-state index in [9.17, 15) is 19.8 Å². The third kappa shape index (κ3) is 8.59. The minimum Gasteiger partial charge on any atom is -0.502 e. The quantitative estimate of drug-likeness (QED) is 0.251. The van der Waals surface area contributed by atoms with Crippen molar-refractivity contribution < 1.29 is 29.3 Å². The Morgan fingerprint density at radius 1 is 0.897 bits per heavy atom. The van der Waals surface area contributed by atoms with E-state index in [0.29, 0.717) is 25.2 Å². The monoisotopic (exact) mass is 406 g/mol. The molecular weight excluding hydrogens is 376 g/mol. The molecule has 0 heterocycles. The maximum atomic E-state index is 11.3. The summed E-state index contributed by atoms with van der Waals surface area (Å²) in [6, 6.07) is 1.95. The zero-order chi connectivity index (χ0) is 21.6. The molecule has 4 N–H and O–H groups in total. The predicted molar refractivity (Wildman–Crippen MR) is 113 cm³/mol. The topological polar surface area (TPSA) is 117 Å². The molecule has 0 aliphatic carbocycles. The second-order valence-corrected chi connectivity index (χ2v) is 6.42. The van der Waals surface area contributed by atoms with Crippen LogP contribution >= 0.6 is 0 Å². The highest BCUT2D eigenvalue weighted by Crippen LogP contribution is 2.35. The van der Waals surface area contributed by atoms with Gasteiger partial charge < -0.3 is 19.7 Å². The molecule has 8 heteroatoms. The summed E-state index contributed by atoms with van der Waals surface area (Å²) >= 11 is 0. The molecule has 0 aliphatic rings. The van der Waals surface area contributed by atoms with Crippen LogP contribution in [-0.4, -0.2) is 35.6 Å². The third-order valence-corrected chi connectivity index (χ3v) is 4.39. The van der Waals surface area contributed by atoms with Crippen molar-refractivity contribution in [3.05, 3.63) is 48.4 Å². The molecule has 0 aliphatic heterocycles. The van der Waals surface area contributed by atoms with Crippen LogP contribution in [-0.2, 0) is 22.3 Å². The molecule has 0 spiro atoms. The van der Waals surface area contributed by atoms with Crippen molar-refractivity contribution in [3.8, 4) is 0 Å². The van der Waals surface area contributed by atoms with Crippen LogP contribution in [0.5, 0.6) is 0 Å². The normalized spacial score (nSPS) is 10.1. The number of carboxylic acid groups (broad SMARTS) is 2. The van der Waals surface area contributed by atoms with Gasteiger partial charge in [0.05, 0.1) is 37.1 Å². The fourth-order valence-corrected chi connectivity index (χ4v) is 3.04. The van der Waals surface area contributed by atoms with Crippen molar-refractivity contribution in [1.82, 2.24) is 0 Å². The smallest absolute Gasteiger partial charge is 0.409 e. The van der Waals surface area contributed by atoms with Crippen LogP contribution in [0.25, 0.3) is 0 Å². The molecule has 2 amide bonds. The Balaban J connectivity index is 3.14. The number of amides is 2. The number of carbonyl (C=O) groups is 2. The van der Waals surface area contributed by atoms with Crippen LogP contribution in [0.3, 0.4) is 0 Å². The summed E-state index contributed by atoms with van der Waals surface area (Å²) in [7, 11) is 0. The lowest BCUT2D eigenvalue weighted by Crippen LogP contribution is -2.17. The second-order valence-electron chi connectivity index (χ2n) is 6.42. The van der Waals surface area contributed by atoms with Gasteiger partial charge in [-0.25, -0.2) is 9.59 Å². The van der Waals surface area contributed by atoms with Gasteiger partial charge in [-0.1, -0.05) is 19.2 Å². The van der Waals surface area contributed by atoms with Crippen molar-refractivity contribution >= 4 is 23.6 Å². The average Bonchev–Trinajstić information content (AvgIpc) is 2.66. The number of aryl methyl sites for hydroxylation is 2. The number of benzene rings is 1. The van der Waals surface area contributed by atoms with Crippen LogP contribution < -0.4 is 10.6 Å². The van der Waals surface area contributed by atoms with Gasteiger partial charge in [-0.3, -0.25) is 10.6 Å². The van der Waals surface area contributed by atoms with E-state index in [1.807, 2.05) is 6.07 Å². The highest BCUT2D eigenvalue weighted by atomic mass is 16.5. The van der Waals surface area contributed by atoms with E-state index < -0.39 is 12.2 Å². The van der Waals surface area contributed by atoms with Gasteiger partial charge in [-0.05, 0) is 62.1 Å². The van der Waals surface area contributed by atoms with Gasteiger partial charge >= 0.3 is 12.2 Å². The van der Waals surface area contributed by atoms with E-state index in [1.54, 1.807) is 6.92 Å². The first kappa shape index (κ1) is 23.9. The minimum atomic E-state index is -1.25. The number of hydrogen-bond acceptors (Lipinski definition) is 4. The van der Waals surface area contributed by atoms with Gasteiger partial charge in [0.15, 0.2) is 0 Å². The van der Waals surface area contributed by atoms with Gasteiger partial charge in [0, 0.05) is 0 Å². The Morgan fingerprint density at radius 2 is 1.38 bits per heavy atom. The molecular formula is C21H30N2O6. The zero-order valence-corrected chi connectivity index (χ0v) is 16.8. The highest BCUT2D eigenvalue weighted by molar-refractivity contribution is 5.97. The third-order valence-electron chi connectivity index (χ3n) is 4.39. The molecule has 0 unspecified atom stereocenters. The summed E-state index contributed by atoms with van der Waals surface area (Å²) in [5.74, 6) is 0. The molecule has 0 saturated carbocycles. The number of unbranched alkanes of at least 4 members (excludes halogenated alkanes) is 2. The Bertz CT molecular complexity index is 718. The fourth-order valence-electron chi connectivity index (χ4n) is 3.04. The first-order valence-electron chi connectivity index (χ1n) is 9.51. The maximum Gasteiger partial charge on any atom is 0.409 e. The molecule has 1 aromatic carbocycles. The molecule has 0 aromatic heterocycles. The maximum absolute atomic E-state index is 11.3. The Kier molecular flexibility index (Phi) is 10.8. The second kappa shape index (κ2) is 13.1. The van der Waals surface area contributed by atoms with E-state index in [4.69, 9.17) is 9.47 Å². The van der Waals surface area contributed by atoms with E-state index in [1.165, 1.54) is 12.5 Å². The lowest BCUT2D eigenvalue weighted by Gasteiger charge is -2.20. The Hall–Kier alpha value is -3.16. The lowest BCUT2D eigenvalue weighted by molar-refractivity contribution is 0.208. The molecule has 29 heavy (non-hydrogen) atoms. The van der Waals surface area contributed by atoms with Crippen molar-refractivity contribution in [2.75, 3.05) is 23.8 Å². The van der Waals surface area contributed by atoms with Crippen molar-refractivity contribution in [2.24, 2.45) is 0 Å². The molecule has 8 nitrogen and oxygen atoms in total. The van der Waals surface area contributed by atoms with E-state index in [-0.39, 0.29) is 11.4 Å². The zero-order valence-electron chi connectivity index (χ0n) is 16.8. The molecule has 160 valence electrons. The van der Waals surface area contributed by atoms with Crippen molar-refractivity contribution in [3.63, 3.8) is 0 Å². The molecule has 0 bridgehead atoms. The van der Waals surface area contributed by atoms with Gasteiger partial charge in [0.25, 0.3) is 0 Å². The lowest BCUT2D eigenvalue weighted by atomic mass is 9.94. The number of nitrogens with one attached hydrogen (secondary N) is 2. The SMILES string of the molecule is C=COCCCCc1cc(CCCCOC=C)c(NC(=O)O)c(NC(=O)O)c1C. The van der Waals surface area contributed by atoms with Crippen LogP contribution in [0.1, 0.15) is 42.4 Å². The van der Waals surface area contributed by atoms with E-state index >= 15 is 0 Å².